The van der Waals surface area contributed by atoms with Crippen LogP contribution in [0.5, 0.6) is 0 Å². The van der Waals surface area contributed by atoms with Crippen LogP contribution in [0.2, 0.25) is 0 Å². The molecular formula is C15H23O4P. The summed E-state index contributed by atoms with van der Waals surface area (Å²) < 4.78 is 23.3. The smallest absolute Gasteiger partial charge is 0.303 e. The van der Waals surface area contributed by atoms with Gasteiger partial charge in [-0.2, -0.15) is 0 Å². The molecule has 0 atom stereocenters. The van der Waals surface area contributed by atoms with Gasteiger partial charge in [0.15, 0.2) is 0 Å². The molecule has 0 aliphatic carbocycles. The third kappa shape index (κ3) is 5.20. The fourth-order valence-corrected chi connectivity index (χ4v) is 3.06. The van der Waals surface area contributed by atoms with Gasteiger partial charge in [0.2, 0.25) is 0 Å². The van der Waals surface area contributed by atoms with Crippen molar-refractivity contribution < 1.29 is 18.4 Å². The quantitative estimate of drug-likeness (QED) is 0.466. The van der Waals surface area contributed by atoms with E-state index in [1.54, 1.807) is 30.3 Å². The highest BCUT2D eigenvalue weighted by atomic mass is 31.2. The van der Waals surface area contributed by atoms with Gasteiger partial charge in [-0.3, -0.25) is 9.36 Å². The molecule has 1 aromatic rings. The summed E-state index contributed by atoms with van der Waals surface area (Å²) >= 11 is 0. The fourth-order valence-electron chi connectivity index (χ4n) is 1.55. The number of carbonyl (C=O) groups is 1. The van der Waals surface area contributed by atoms with Crippen molar-refractivity contribution in [3.05, 3.63) is 35.9 Å². The zero-order valence-corrected chi connectivity index (χ0v) is 13.1. The number of carbonyl (C=O) groups excluding carboxylic acids is 1. The predicted octanol–water partition coefficient (Wildman–Crippen LogP) is 4.65. The maximum absolute atomic E-state index is 12.7. The normalized spacial score (nSPS) is 11.5. The monoisotopic (exact) mass is 298 g/mol. The van der Waals surface area contributed by atoms with Crippen LogP contribution in [-0.2, 0) is 13.6 Å². The lowest BCUT2D eigenvalue weighted by molar-refractivity contribution is 0.0991. The largest absolute Gasteiger partial charge is 0.401 e. The molecule has 0 saturated carbocycles. The minimum absolute atomic E-state index is 0.276. The maximum Gasteiger partial charge on any atom is 0.401 e. The van der Waals surface area contributed by atoms with Crippen molar-refractivity contribution in [1.29, 1.82) is 0 Å². The van der Waals surface area contributed by atoms with Gasteiger partial charge >= 0.3 is 7.60 Å². The summed E-state index contributed by atoms with van der Waals surface area (Å²) in [6.07, 6.45) is 3.33. The molecule has 0 bridgehead atoms. The van der Waals surface area contributed by atoms with Crippen LogP contribution in [0.4, 0.5) is 0 Å². The molecule has 0 aromatic heterocycles. The van der Waals surface area contributed by atoms with Gasteiger partial charge in [0.05, 0.1) is 13.2 Å². The average molecular weight is 298 g/mol. The highest BCUT2D eigenvalue weighted by molar-refractivity contribution is 7.72. The van der Waals surface area contributed by atoms with Crippen molar-refractivity contribution in [1.82, 2.24) is 0 Å². The highest BCUT2D eigenvalue weighted by Crippen LogP contribution is 2.51. The van der Waals surface area contributed by atoms with Crippen LogP contribution in [0.3, 0.4) is 0 Å². The molecule has 0 radical (unpaired) electrons. The van der Waals surface area contributed by atoms with E-state index in [1.165, 1.54) is 0 Å². The Kier molecular flexibility index (Phi) is 7.75. The van der Waals surface area contributed by atoms with E-state index in [0.29, 0.717) is 5.56 Å². The summed E-state index contributed by atoms with van der Waals surface area (Å²) in [5, 5.41) is 0. The van der Waals surface area contributed by atoms with Crippen molar-refractivity contribution in [3.8, 4) is 0 Å². The van der Waals surface area contributed by atoms with Gasteiger partial charge in [0.25, 0.3) is 5.52 Å². The first-order chi connectivity index (χ1) is 9.64. The molecule has 1 aromatic carbocycles. The Morgan fingerprint density at radius 2 is 1.50 bits per heavy atom. The van der Waals surface area contributed by atoms with Crippen LogP contribution in [0.25, 0.3) is 0 Å². The average Bonchev–Trinajstić information content (AvgIpc) is 2.48. The van der Waals surface area contributed by atoms with E-state index in [2.05, 4.69) is 0 Å². The SMILES string of the molecule is CCCCOP(=O)(OCCCC)C(=O)c1ccccc1. The van der Waals surface area contributed by atoms with Crippen LogP contribution in [0.1, 0.15) is 49.9 Å². The summed E-state index contributed by atoms with van der Waals surface area (Å²) in [5.74, 6) is 0. The van der Waals surface area contributed by atoms with Crippen molar-refractivity contribution in [2.24, 2.45) is 0 Å². The van der Waals surface area contributed by atoms with E-state index in [1.807, 2.05) is 13.8 Å². The molecule has 0 unspecified atom stereocenters. The summed E-state index contributed by atoms with van der Waals surface area (Å²) in [6.45, 7) is 4.56. The van der Waals surface area contributed by atoms with Gasteiger partial charge in [-0.25, -0.2) is 0 Å². The minimum atomic E-state index is -3.73. The predicted molar refractivity (Wildman–Crippen MR) is 80.1 cm³/mol. The first-order valence-electron chi connectivity index (χ1n) is 7.13. The Balaban J connectivity index is 2.80. The van der Waals surface area contributed by atoms with Gasteiger partial charge < -0.3 is 9.05 Å². The van der Waals surface area contributed by atoms with E-state index in [4.69, 9.17) is 9.05 Å². The molecule has 0 heterocycles. The van der Waals surface area contributed by atoms with Crippen LogP contribution in [0, 0.1) is 0 Å². The van der Waals surface area contributed by atoms with Gasteiger partial charge in [-0.15, -0.1) is 0 Å². The summed E-state index contributed by atoms with van der Waals surface area (Å²) in [4.78, 5) is 12.3. The lowest BCUT2D eigenvalue weighted by Gasteiger charge is -2.17. The molecule has 0 fully saturated rings. The fraction of sp³-hybridized carbons (Fsp3) is 0.533. The number of benzene rings is 1. The molecule has 0 amide bonds. The third-order valence-electron chi connectivity index (χ3n) is 2.79. The van der Waals surface area contributed by atoms with Crippen molar-refractivity contribution in [2.75, 3.05) is 13.2 Å². The molecule has 112 valence electrons. The molecule has 5 heteroatoms. The second-order valence-electron chi connectivity index (χ2n) is 4.54. The zero-order chi connectivity index (χ0) is 14.8. The first kappa shape index (κ1) is 17.1. The van der Waals surface area contributed by atoms with Gasteiger partial charge in [-0.1, -0.05) is 57.0 Å². The molecule has 0 spiro atoms. The van der Waals surface area contributed by atoms with Gasteiger partial charge in [0.1, 0.15) is 0 Å². The topological polar surface area (TPSA) is 52.6 Å². The van der Waals surface area contributed by atoms with Gasteiger partial charge in [-0.05, 0) is 12.8 Å². The van der Waals surface area contributed by atoms with E-state index < -0.39 is 13.1 Å². The Labute approximate surface area is 121 Å². The van der Waals surface area contributed by atoms with E-state index in [-0.39, 0.29) is 13.2 Å². The zero-order valence-electron chi connectivity index (χ0n) is 12.2. The van der Waals surface area contributed by atoms with Crippen molar-refractivity contribution in [2.45, 2.75) is 39.5 Å². The molecule has 0 aliphatic rings. The number of rotatable bonds is 10. The second-order valence-corrected chi connectivity index (χ2v) is 6.46. The lowest BCUT2D eigenvalue weighted by atomic mass is 10.2. The molecule has 0 N–H and O–H groups in total. The summed E-state index contributed by atoms with van der Waals surface area (Å²) in [7, 11) is -3.73. The molecule has 20 heavy (non-hydrogen) atoms. The lowest BCUT2D eigenvalue weighted by Crippen LogP contribution is -2.09. The van der Waals surface area contributed by atoms with E-state index >= 15 is 0 Å². The standard InChI is InChI=1S/C15H23O4P/c1-3-5-12-18-20(17,19-13-6-4-2)15(16)14-10-8-7-9-11-14/h7-11H,3-6,12-13H2,1-2H3. The summed E-state index contributed by atoms with van der Waals surface area (Å²) in [6, 6.07) is 8.52. The highest BCUT2D eigenvalue weighted by Gasteiger charge is 2.35. The van der Waals surface area contributed by atoms with E-state index in [9.17, 15) is 9.36 Å². The number of hydrogen-bond acceptors (Lipinski definition) is 4. The van der Waals surface area contributed by atoms with Crippen molar-refractivity contribution >= 4 is 13.1 Å². The molecular weight excluding hydrogens is 275 g/mol. The van der Waals surface area contributed by atoms with Crippen LogP contribution >= 0.6 is 7.60 Å². The van der Waals surface area contributed by atoms with Crippen molar-refractivity contribution in [3.63, 3.8) is 0 Å². The molecule has 0 saturated heterocycles. The molecule has 4 nitrogen and oxygen atoms in total. The Hall–Kier alpha value is -0.960. The third-order valence-corrected chi connectivity index (χ3v) is 4.59. The van der Waals surface area contributed by atoms with Crippen LogP contribution in [-0.4, -0.2) is 18.7 Å². The Morgan fingerprint density at radius 1 is 1.00 bits per heavy atom. The van der Waals surface area contributed by atoms with Gasteiger partial charge in [0, 0.05) is 5.56 Å². The van der Waals surface area contributed by atoms with Crippen LogP contribution in [0.15, 0.2) is 30.3 Å². The van der Waals surface area contributed by atoms with Crippen LogP contribution < -0.4 is 0 Å². The minimum Gasteiger partial charge on any atom is -0.303 e. The number of hydrogen-bond donors (Lipinski definition) is 0. The second kappa shape index (κ2) is 9.06. The molecule has 0 aliphatic heterocycles. The summed E-state index contributed by atoms with van der Waals surface area (Å²) in [5.41, 5.74) is -0.186. The molecule has 1 rings (SSSR count). The Bertz CT molecular complexity index is 430. The first-order valence-corrected chi connectivity index (χ1v) is 8.67. The Morgan fingerprint density at radius 3 is 1.95 bits per heavy atom. The maximum atomic E-state index is 12.7. The number of unbranched alkanes of at least 4 members (excludes halogenated alkanes) is 2. The van der Waals surface area contributed by atoms with E-state index in [0.717, 1.165) is 25.7 Å².